The number of alkyl carbamates (subject to hydrolysis) is 1. The fourth-order valence-corrected chi connectivity index (χ4v) is 4.05. The Morgan fingerprint density at radius 3 is 2.25 bits per heavy atom. The van der Waals surface area contributed by atoms with Crippen LogP contribution in [0.1, 0.15) is 75.7 Å². The van der Waals surface area contributed by atoms with Crippen LogP contribution in [0.5, 0.6) is 0 Å². The van der Waals surface area contributed by atoms with Crippen molar-refractivity contribution in [3.8, 4) is 0 Å². The average Bonchev–Trinajstić information content (AvgIpc) is 2.69. The molecule has 2 rings (SSSR count). The molecule has 0 aromatic heterocycles. The number of carbonyl (C=O) groups excluding carboxylic acids is 2. The zero-order valence-electron chi connectivity index (χ0n) is 19.3. The number of ether oxygens (including phenoxy) is 2. The summed E-state index contributed by atoms with van der Waals surface area (Å²) < 4.78 is 50.6. The van der Waals surface area contributed by atoms with Crippen molar-refractivity contribution in [2.45, 2.75) is 83.7 Å². The fourth-order valence-electron chi connectivity index (χ4n) is 4.05. The lowest BCUT2D eigenvalue weighted by Crippen LogP contribution is -2.42. The van der Waals surface area contributed by atoms with Crippen LogP contribution in [0.2, 0.25) is 0 Å². The molecule has 9 heteroatoms. The number of hydrogen-bond acceptors (Lipinski definition) is 5. The highest BCUT2D eigenvalue weighted by Gasteiger charge is 2.35. The molecule has 1 saturated carbocycles. The first-order chi connectivity index (χ1) is 14.8. The van der Waals surface area contributed by atoms with E-state index >= 15 is 0 Å². The molecule has 1 amide bonds. The molecule has 0 saturated heterocycles. The van der Waals surface area contributed by atoms with Crippen LogP contribution in [0.4, 0.5) is 23.7 Å². The number of nitrogens with one attached hydrogen (secondary N) is 2. The third-order valence-corrected chi connectivity index (χ3v) is 5.59. The second kappa shape index (κ2) is 10.4. The number of halogens is 3. The van der Waals surface area contributed by atoms with Crippen LogP contribution in [-0.2, 0) is 15.7 Å². The lowest BCUT2D eigenvalue weighted by atomic mass is 9.80. The van der Waals surface area contributed by atoms with E-state index in [1.54, 1.807) is 20.8 Å². The Hall–Kier alpha value is -2.45. The summed E-state index contributed by atoms with van der Waals surface area (Å²) in [6.45, 7) is 7.31. The molecule has 0 aliphatic heterocycles. The molecule has 6 nitrogen and oxygen atoms in total. The van der Waals surface area contributed by atoms with E-state index in [-0.39, 0.29) is 29.3 Å². The van der Waals surface area contributed by atoms with Gasteiger partial charge in [-0.25, -0.2) is 9.59 Å². The first kappa shape index (κ1) is 25.8. The monoisotopic (exact) mass is 458 g/mol. The van der Waals surface area contributed by atoms with Crippen molar-refractivity contribution in [2.75, 3.05) is 12.4 Å². The number of benzene rings is 1. The summed E-state index contributed by atoms with van der Waals surface area (Å²) in [6, 6.07) is 3.00. The molecule has 0 heterocycles. The number of amides is 1. The highest BCUT2D eigenvalue weighted by Crippen LogP contribution is 2.37. The predicted molar refractivity (Wildman–Crippen MR) is 116 cm³/mol. The van der Waals surface area contributed by atoms with Crippen molar-refractivity contribution in [3.05, 3.63) is 29.3 Å². The quantitative estimate of drug-likeness (QED) is 0.530. The average molecular weight is 459 g/mol. The van der Waals surface area contributed by atoms with Crippen LogP contribution < -0.4 is 10.6 Å². The first-order valence-corrected chi connectivity index (χ1v) is 10.9. The van der Waals surface area contributed by atoms with Gasteiger partial charge in [-0.05, 0) is 77.0 Å². The Kier molecular flexibility index (Phi) is 8.42. The smallest absolute Gasteiger partial charge is 0.418 e. The van der Waals surface area contributed by atoms with Crippen LogP contribution in [0, 0.1) is 5.92 Å². The Bertz CT molecular complexity index is 797. The van der Waals surface area contributed by atoms with Gasteiger partial charge in [-0.3, -0.25) is 0 Å². The zero-order valence-corrected chi connectivity index (χ0v) is 19.3. The molecule has 0 bridgehead atoms. The molecule has 1 aromatic rings. The molecular weight excluding hydrogens is 425 g/mol. The summed E-state index contributed by atoms with van der Waals surface area (Å²) in [5.74, 6) is -0.553. The van der Waals surface area contributed by atoms with Crippen molar-refractivity contribution in [2.24, 2.45) is 5.92 Å². The van der Waals surface area contributed by atoms with Crippen molar-refractivity contribution in [3.63, 3.8) is 0 Å². The van der Waals surface area contributed by atoms with Crippen molar-refractivity contribution in [1.82, 2.24) is 5.32 Å². The second-order valence-corrected chi connectivity index (χ2v) is 9.17. The van der Waals surface area contributed by atoms with Crippen LogP contribution >= 0.6 is 0 Å². The minimum Gasteiger partial charge on any atom is -0.465 e. The van der Waals surface area contributed by atoms with Gasteiger partial charge >= 0.3 is 18.2 Å². The standard InChI is InChI=1S/C23H33F3N2O4/c1-6-18(14-7-10-16(11-8-14)27-21(30)32-22(2,3)4)28-19-13-15(20(29)31-5)9-12-17(19)23(24,25)26/h9,12-14,16,18,28H,6-8,10-11H2,1-5H3,(H,27,30)/t14?,16?,18-/m0/s1. The van der Waals surface area contributed by atoms with Gasteiger partial charge in [0.15, 0.2) is 0 Å². The van der Waals surface area contributed by atoms with Crippen LogP contribution in [-0.4, -0.2) is 36.9 Å². The number of rotatable bonds is 6. The third kappa shape index (κ3) is 7.31. The van der Waals surface area contributed by atoms with Gasteiger partial charge in [0.1, 0.15) is 5.60 Å². The van der Waals surface area contributed by atoms with Gasteiger partial charge in [-0.1, -0.05) is 6.92 Å². The maximum atomic E-state index is 13.5. The number of anilines is 1. The molecule has 32 heavy (non-hydrogen) atoms. The first-order valence-electron chi connectivity index (χ1n) is 10.9. The van der Waals surface area contributed by atoms with E-state index in [1.165, 1.54) is 13.2 Å². The summed E-state index contributed by atoms with van der Waals surface area (Å²) >= 11 is 0. The van der Waals surface area contributed by atoms with Crippen LogP contribution in [0.15, 0.2) is 18.2 Å². The summed E-state index contributed by atoms with van der Waals surface area (Å²) in [5, 5.41) is 5.92. The van der Waals surface area contributed by atoms with Gasteiger partial charge in [0.25, 0.3) is 0 Å². The van der Waals surface area contributed by atoms with Crippen molar-refractivity contribution >= 4 is 17.7 Å². The molecule has 2 N–H and O–H groups in total. The van der Waals surface area contributed by atoms with Gasteiger partial charge in [0.05, 0.1) is 18.2 Å². The normalized spacial score (nSPS) is 20.2. The van der Waals surface area contributed by atoms with Gasteiger partial charge < -0.3 is 20.1 Å². The van der Waals surface area contributed by atoms with E-state index in [2.05, 4.69) is 15.4 Å². The maximum absolute atomic E-state index is 13.5. The predicted octanol–water partition coefficient (Wildman–Crippen LogP) is 5.77. The van der Waals surface area contributed by atoms with E-state index < -0.39 is 29.4 Å². The molecule has 1 fully saturated rings. The van der Waals surface area contributed by atoms with Crippen molar-refractivity contribution < 1.29 is 32.2 Å². The Morgan fingerprint density at radius 2 is 1.75 bits per heavy atom. The van der Waals surface area contributed by atoms with Gasteiger partial charge in [0.2, 0.25) is 0 Å². The summed E-state index contributed by atoms with van der Waals surface area (Å²) in [4.78, 5) is 23.8. The minimum atomic E-state index is -4.55. The maximum Gasteiger partial charge on any atom is 0.418 e. The van der Waals surface area contributed by atoms with Crippen molar-refractivity contribution in [1.29, 1.82) is 0 Å². The Labute approximate surface area is 187 Å². The molecule has 1 atom stereocenters. The fraction of sp³-hybridized carbons (Fsp3) is 0.652. The lowest BCUT2D eigenvalue weighted by Gasteiger charge is -2.35. The highest BCUT2D eigenvalue weighted by atomic mass is 19.4. The van der Waals surface area contributed by atoms with Gasteiger partial charge in [-0.2, -0.15) is 13.2 Å². The van der Waals surface area contributed by atoms with Crippen LogP contribution in [0.25, 0.3) is 0 Å². The SMILES string of the molecule is CC[C@H](Nc1cc(C(=O)OC)ccc1C(F)(F)F)C1CCC(NC(=O)OC(C)(C)C)CC1. The van der Waals surface area contributed by atoms with E-state index in [4.69, 9.17) is 4.74 Å². The molecule has 0 spiro atoms. The second-order valence-electron chi connectivity index (χ2n) is 9.17. The number of carbonyl (C=O) groups is 2. The summed E-state index contributed by atoms with van der Waals surface area (Å²) in [6.07, 6.45) is -1.44. The lowest BCUT2D eigenvalue weighted by molar-refractivity contribution is -0.137. The number of hydrogen-bond donors (Lipinski definition) is 2. The minimum absolute atomic E-state index is 0.0213. The Balaban J connectivity index is 2.08. The number of esters is 1. The molecule has 180 valence electrons. The topological polar surface area (TPSA) is 76.7 Å². The Morgan fingerprint density at radius 1 is 1.12 bits per heavy atom. The van der Waals surface area contributed by atoms with Gasteiger partial charge in [-0.15, -0.1) is 0 Å². The molecule has 1 aliphatic carbocycles. The van der Waals surface area contributed by atoms with Crippen LogP contribution in [0.3, 0.4) is 0 Å². The molecule has 1 aliphatic rings. The largest absolute Gasteiger partial charge is 0.465 e. The van der Waals surface area contributed by atoms with Gasteiger partial charge in [0, 0.05) is 17.8 Å². The van der Waals surface area contributed by atoms with E-state index in [9.17, 15) is 22.8 Å². The highest BCUT2D eigenvalue weighted by molar-refractivity contribution is 5.90. The number of methoxy groups -OCH3 is 1. The van der Waals surface area contributed by atoms with E-state index in [1.807, 2.05) is 6.92 Å². The van der Waals surface area contributed by atoms with E-state index in [0.29, 0.717) is 6.42 Å². The summed E-state index contributed by atoms with van der Waals surface area (Å²) in [5.41, 5.74) is -1.46. The molecular formula is C23H33F3N2O4. The summed E-state index contributed by atoms with van der Waals surface area (Å²) in [7, 11) is 1.19. The third-order valence-electron chi connectivity index (χ3n) is 5.59. The van der Waals surface area contributed by atoms with E-state index in [0.717, 1.165) is 37.8 Å². The zero-order chi connectivity index (χ0) is 24.1. The molecule has 1 aromatic carbocycles. The molecule has 0 unspecified atom stereocenters. The number of alkyl halides is 3. The molecule has 0 radical (unpaired) electrons.